The fourth-order valence-corrected chi connectivity index (χ4v) is 3.16. The van der Waals surface area contributed by atoms with Crippen LogP contribution in [0.5, 0.6) is 0 Å². The Labute approximate surface area is 87.7 Å². The molecular weight excluding hydrogens is 254 g/mol. The van der Waals surface area contributed by atoms with Gasteiger partial charge in [-0.25, -0.2) is 0 Å². The molecule has 0 saturated heterocycles. The number of nitrogens with one attached hydrogen (secondary N) is 1. The van der Waals surface area contributed by atoms with E-state index >= 15 is 0 Å². The lowest BCUT2D eigenvalue weighted by atomic mass is 10.2. The molecule has 1 unspecified atom stereocenters. The number of hydrogen-bond acceptors (Lipinski definition) is 3. The van der Waals surface area contributed by atoms with Crippen LogP contribution in [-0.2, 0) is 6.42 Å². The van der Waals surface area contributed by atoms with Gasteiger partial charge in [0.25, 0.3) is 5.56 Å². The molecule has 0 aliphatic carbocycles. The van der Waals surface area contributed by atoms with Crippen molar-refractivity contribution in [3.05, 3.63) is 26.6 Å². The van der Waals surface area contributed by atoms with Crippen molar-refractivity contribution >= 4 is 27.7 Å². The van der Waals surface area contributed by atoms with E-state index in [-0.39, 0.29) is 17.4 Å². The molecule has 1 aliphatic heterocycles. The van der Waals surface area contributed by atoms with E-state index < -0.39 is 0 Å². The van der Waals surface area contributed by atoms with Crippen LogP contribution in [0.25, 0.3) is 0 Å². The summed E-state index contributed by atoms with van der Waals surface area (Å²) in [6.07, 6.45) is 2.30. The highest BCUT2D eigenvalue weighted by molar-refractivity contribution is 9.10. The number of pyridine rings is 1. The number of aromatic amines is 1. The summed E-state index contributed by atoms with van der Waals surface area (Å²) in [6, 6.07) is 0. The summed E-state index contributed by atoms with van der Waals surface area (Å²) >= 11 is 4.93. The van der Waals surface area contributed by atoms with Gasteiger partial charge in [0.15, 0.2) is 0 Å². The van der Waals surface area contributed by atoms with Crippen molar-refractivity contribution in [2.75, 3.05) is 6.61 Å². The number of H-pyrrole nitrogens is 1. The number of hydrogen-bond donors (Lipinski definition) is 2. The fourth-order valence-electron chi connectivity index (χ4n) is 1.38. The third-order valence-corrected chi connectivity index (χ3v) is 4.25. The predicted octanol–water partition coefficient (Wildman–Crippen LogP) is 1.15. The molecule has 3 nitrogen and oxygen atoms in total. The van der Waals surface area contributed by atoms with Crippen molar-refractivity contribution in [3.63, 3.8) is 0 Å². The first kappa shape index (κ1) is 9.30. The normalized spacial score (nSPS) is 20.3. The molecule has 13 heavy (non-hydrogen) atoms. The van der Waals surface area contributed by atoms with E-state index in [0.717, 1.165) is 14.9 Å². The van der Waals surface area contributed by atoms with Gasteiger partial charge >= 0.3 is 0 Å². The van der Waals surface area contributed by atoms with Gasteiger partial charge in [-0.2, -0.15) is 0 Å². The zero-order valence-electron chi connectivity index (χ0n) is 6.71. The van der Waals surface area contributed by atoms with Crippen LogP contribution in [0.2, 0.25) is 0 Å². The smallest absolute Gasteiger partial charge is 0.252 e. The van der Waals surface area contributed by atoms with Crippen molar-refractivity contribution in [1.82, 2.24) is 4.98 Å². The highest BCUT2D eigenvalue weighted by Gasteiger charge is 2.25. The molecule has 0 aromatic carbocycles. The molecule has 2 N–H and O–H groups in total. The highest BCUT2D eigenvalue weighted by atomic mass is 79.9. The Morgan fingerprint density at radius 2 is 2.54 bits per heavy atom. The second-order valence-corrected chi connectivity index (χ2v) is 5.06. The molecule has 1 aromatic rings. The topological polar surface area (TPSA) is 53.1 Å². The molecule has 1 atom stereocenters. The quantitative estimate of drug-likeness (QED) is 0.798. The van der Waals surface area contributed by atoms with Gasteiger partial charge in [0.2, 0.25) is 0 Å². The molecule has 1 aliphatic rings. The Bertz CT molecular complexity index is 390. The summed E-state index contributed by atoms with van der Waals surface area (Å²) in [6.45, 7) is 0.116. The average Bonchev–Trinajstić information content (AvgIpc) is 2.56. The van der Waals surface area contributed by atoms with Crippen molar-refractivity contribution < 1.29 is 5.11 Å². The Balaban J connectivity index is 2.49. The molecule has 0 bridgehead atoms. The van der Waals surface area contributed by atoms with Crippen molar-refractivity contribution in [1.29, 1.82) is 0 Å². The van der Waals surface area contributed by atoms with E-state index in [2.05, 4.69) is 20.9 Å². The van der Waals surface area contributed by atoms with Crippen molar-refractivity contribution in [2.45, 2.75) is 16.6 Å². The number of rotatable bonds is 1. The number of aromatic nitrogens is 1. The van der Waals surface area contributed by atoms with Gasteiger partial charge in [-0.3, -0.25) is 4.79 Å². The lowest BCUT2D eigenvalue weighted by molar-refractivity contribution is 0.295. The second-order valence-electron chi connectivity index (χ2n) is 2.90. The maximum absolute atomic E-state index is 11.4. The molecule has 5 heteroatoms. The molecule has 2 rings (SSSR count). The molecule has 2 heterocycles. The first-order chi connectivity index (χ1) is 6.22. The van der Waals surface area contributed by atoms with Gasteiger partial charge in [0.1, 0.15) is 0 Å². The lowest BCUT2D eigenvalue weighted by Crippen LogP contribution is -2.14. The first-order valence-electron chi connectivity index (χ1n) is 3.90. The van der Waals surface area contributed by atoms with E-state index in [1.165, 1.54) is 0 Å². The lowest BCUT2D eigenvalue weighted by Gasteiger charge is -2.00. The Hall–Kier alpha value is -0.260. The summed E-state index contributed by atoms with van der Waals surface area (Å²) in [5.74, 6) is 0. The summed E-state index contributed by atoms with van der Waals surface area (Å²) < 4.78 is 0.906. The number of fused-ring (bicyclic) bond motifs is 1. The maximum Gasteiger partial charge on any atom is 0.252 e. The van der Waals surface area contributed by atoms with E-state index in [0.29, 0.717) is 6.42 Å². The first-order valence-corrected chi connectivity index (χ1v) is 5.57. The van der Waals surface area contributed by atoms with E-state index in [1.54, 1.807) is 18.0 Å². The minimum Gasteiger partial charge on any atom is -0.395 e. The molecule has 0 spiro atoms. The van der Waals surface area contributed by atoms with Gasteiger partial charge in [0, 0.05) is 26.4 Å². The zero-order valence-corrected chi connectivity index (χ0v) is 9.11. The van der Waals surface area contributed by atoms with E-state index in [9.17, 15) is 4.79 Å². The van der Waals surface area contributed by atoms with Crippen LogP contribution in [0.3, 0.4) is 0 Å². The molecule has 0 saturated carbocycles. The largest absolute Gasteiger partial charge is 0.395 e. The standard InChI is InChI=1S/C8H8BrNO2S/c9-6-2-10-8(12)5-1-4(3-11)13-7(5)6/h2,4,11H,1,3H2,(H,10,12). The average molecular weight is 262 g/mol. The minimum absolute atomic E-state index is 0.0401. The van der Waals surface area contributed by atoms with E-state index in [4.69, 9.17) is 5.11 Å². The third-order valence-electron chi connectivity index (χ3n) is 2.02. The van der Waals surface area contributed by atoms with Gasteiger partial charge in [-0.05, 0) is 22.4 Å². The highest BCUT2D eigenvalue weighted by Crippen LogP contribution is 2.39. The molecule has 1 aromatic heterocycles. The van der Waals surface area contributed by atoms with Crippen LogP contribution in [0, 0.1) is 0 Å². The van der Waals surface area contributed by atoms with Crippen LogP contribution < -0.4 is 5.56 Å². The van der Waals surface area contributed by atoms with E-state index in [1.807, 2.05) is 0 Å². The minimum atomic E-state index is -0.0401. The summed E-state index contributed by atoms with van der Waals surface area (Å²) in [5, 5.41) is 9.11. The van der Waals surface area contributed by atoms with Crippen LogP contribution in [0.1, 0.15) is 5.56 Å². The molecule has 70 valence electrons. The SMILES string of the molecule is O=c1[nH]cc(Br)c2c1CC(CO)S2. The van der Waals surface area contributed by atoms with Gasteiger partial charge in [-0.1, -0.05) is 0 Å². The van der Waals surface area contributed by atoms with Gasteiger partial charge in [-0.15, -0.1) is 11.8 Å². The number of thioether (sulfide) groups is 1. The molecule has 0 radical (unpaired) electrons. The monoisotopic (exact) mass is 261 g/mol. The summed E-state index contributed by atoms with van der Waals surface area (Å²) in [7, 11) is 0. The maximum atomic E-state index is 11.4. The second kappa shape index (κ2) is 3.48. The van der Waals surface area contributed by atoms with Crippen molar-refractivity contribution in [3.8, 4) is 0 Å². The van der Waals surface area contributed by atoms with Crippen LogP contribution in [0.15, 0.2) is 20.4 Å². The fraction of sp³-hybridized carbons (Fsp3) is 0.375. The zero-order chi connectivity index (χ0) is 9.42. The number of aliphatic hydroxyl groups is 1. The Morgan fingerprint density at radius 1 is 1.77 bits per heavy atom. The van der Waals surface area contributed by atoms with Crippen molar-refractivity contribution in [2.24, 2.45) is 0 Å². The van der Waals surface area contributed by atoms with Crippen LogP contribution in [0.4, 0.5) is 0 Å². The number of aliphatic hydroxyl groups excluding tert-OH is 1. The molecular formula is C8H8BrNO2S. The van der Waals surface area contributed by atoms with Crippen LogP contribution in [-0.4, -0.2) is 21.9 Å². The van der Waals surface area contributed by atoms with Gasteiger partial charge in [0.05, 0.1) is 6.61 Å². The summed E-state index contributed by atoms with van der Waals surface area (Å²) in [5.41, 5.74) is 0.750. The predicted molar refractivity (Wildman–Crippen MR) is 55.2 cm³/mol. The third kappa shape index (κ3) is 1.56. The summed E-state index contributed by atoms with van der Waals surface area (Å²) in [4.78, 5) is 15.0. The molecule has 0 amide bonds. The van der Waals surface area contributed by atoms with Crippen LogP contribution >= 0.6 is 27.7 Å². The van der Waals surface area contributed by atoms with Gasteiger partial charge < -0.3 is 10.1 Å². The Morgan fingerprint density at radius 3 is 3.15 bits per heavy atom. The number of halogens is 1. The molecule has 0 fully saturated rings. The Kier molecular flexibility index (Phi) is 2.49.